The molecule has 1 aromatic carbocycles. The molecule has 0 fully saturated rings. The Hall–Kier alpha value is -3.10. The van der Waals surface area contributed by atoms with Crippen LogP contribution in [0.3, 0.4) is 0 Å². The van der Waals surface area contributed by atoms with Gasteiger partial charge in [0.1, 0.15) is 13.2 Å². The van der Waals surface area contributed by atoms with Crippen molar-refractivity contribution in [1.29, 1.82) is 0 Å². The Kier molecular flexibility index (Phi) is 10.7. The second-order valence-corrected chi connectivity index (χ2v) is 5.45. The van der Waals surface area contributed by atoms with E-state index in [1.165, 1.54) is 0 Å². The number of alkyl carbamates (subject to hydrolysis) is 1. The normalized spacial score (nSPS) is 9.81. The first-order chi connectivity index (χ1) is 13.0. The minimum Gasteiger partial charge on any atom is -0.465 e. The minimum atomic E-state index is -0.558. The monoisotopic (exact) mass is 379 g/mol. The fourth-order valence-electron chi connectivity index (χ4n) is 1.93. The largest absolute Gasteiger partial charge is 0.465 e. The topological polar surface area (TPSA) is 123 Å². The molecule has 0 aliphatic heterocycles. The van der Waals surface area contributed by atoms with Crippen molar-refractivity contribution in [3.63, 3.8) is 0 Å². The van der Waals surface area contributed by atoms with Crippen LogP contribution in [-0.4, -0.2) is 50.1 Å². The lowest BCUT2D eigenvalue weighted by Gasteiger charge is -2.08. The molecule has 9 heteroatoms. The van der Waals surface area contributed by atoms with Crippen molar-refractivity contribution >= 4 is 23.9 Å². The highest BCUT2D eigenvalue weighted by atomic mass is 16.5. The van der Waals surface area contributed by atoms with Crippen LogP contribution in [0.25, 0.3) is 0 Å². The van der Waals surface area contributed by atoms with Crippen LogP contribution in [0.4, 0.5) is 4.79 Å². The fraction of sp³-hybridized carbons (Fsp3) is 0.444. The highest BCUT2D eigenvalue weighted by Crippen LogP contribution is 2.00. The van der Waals surface area contributed by atoms with Crippen LogP contribution in [0.15, 0.2) is 30.3 Å². The highest BCUT2D eigenvalue weighted by Gasteiger charge is 2.08. The van der Waals surface area contributed by atoms with Gasteiger partial charge in [-0.3, -0.25) is 14.4 Å². The summed E-state index contributed by atoms with van der Waals surface area (Å²) in [4.78, 5) is 45.7. The number of carbonyl (C=O) groups excluding carboxylic acids is 4. The van der Waals surface area contributed by atoms with Crippen LogP contribution in [0.2, 0.25) is 0 Å². The molecule has 0 atom stereocenters. The van der Waals surface area contributed by atoms with Gasteiger partial charge in [0.15, 0.2) is 0 Å². The summed E-state index contributed by atoms with van der Waals surface area (Å²) >= 11 is 0. The number of rotatable bonds is 11. The van der Waals surface area contributed by atoms with Gasteiger partial charge in [0.05, 0.1) is 13.2 Å². The van der Waals surface area contributed by atoms with Gasteiger partial charge in [-0.15, -0.1) is 0 Å². The quantitative estimate of drug-likeness (QED) is 0.380. The molecule has 9 nitrogen and oxygen atoms in total. The highest BCUT2D eigenvalue weighted by molar-refractivity contribution is 5.86. The van der Waals surface area contributed by atoms with Gasteiger partial charge in [-0.05, 0) is 18.9 Å². The average molecular weight is 379 g/mol. The Bertz CT molecular complexity index is 621. The zero-order valence-electron chi connectivity index (χ0n) is 15.3. The van der Waals surface area contributed by atoms with E-state index in [0.717, 1.165) is 5.56 Å². The van der Waals surface area contributed by atoms with Crippen molar-refractivity contribution in [1.82, 2.24) is 16.0 Å². The third kappa shape index (κ3) is 11.2. The van der Waals surface area contributed by atoms with Crippen LogP contribution >= 0.6 is 0 Å². The SMILES string of the molecule is CCOC(=O)CNC(=O)CNC(=O)CCCNC(=O)OCc1ccccc1. The first kappa shape index (κ1) is 21.9. The van der Waals surface area contributed by atoms with Crippen LogP contribution in [-0.2, 0) is 30.5 Å². The smallest absolute Gasteiger partial charge is 0.407 e. The van der Waals surface area contributed by atoms with Crippen LogP contribution < -0.4 is 16.0 Å². The van der Waals surface area contributed by atoms with Gasteiger partial charge in [-0.1, -0.05) is 30.3 Å². The number of ether oxygens (including phenoxy) is 2. The second-order valence-electron chi connectivity index (χ2n) is 5.45. The number of nitrogens with one attached hydrogen (secondary N) is 3. The van der Waals surface area contributed by atoms with Gasteiger partial charge in [0.25, 0.3) is 0 Å². The van der Waals surface area contributed by atoms with Crippen molar-refractivity contribution in [3.05, 3.63) is 35.9 Å². The molecule has 1 aromatic rings. The molecule has 27 heavy (non-hydrogen) atoms. The van der Waals surface area contributed by atoms with E-state index in [9.17, 15) is 19.2 Å². The predicted molar refractivity (Wildman–Crippen MR) is 96.5 cm³/mol. The van der Waals surface area contributed by atoms with Crippen molar-refractivity contribution < 1.29 is 28.7 Å². The number of amides is 3. The summed E-state index contributed by atoms with van der Waals surface area (Å²) in [6.45, 7) is 1.88. The molecule has 3 N–H and O–H groups in total. The maximum Gasteiger partial charge on any atom is 0.407 e. The standard InChI is InChI=1S/C18H25N3O6/c1-2-26-17(24)12-21-16(23)11-20-15(22)9-6-10-19-18(25)27-13-14-7-4-3-5-8-14/h3-5,7-8H,2,6,9-13H2,1H3,(H,19,25)(H,20,22)(H,21,23). The third-order valence-corrected chi connectivity index (χ3v) is 3.24. The summed E-state index contributed by atoms with van der Waals surface area (Å²) in [5, 5.41) is 7.30. The van der Waals surface area contributed by atoms with Gasteiger partial charge < -0.3 is 25.4 Å². The fourth-order valence-corrected chi connectivity index (χ4v) is 1.93. The number of hydrogen-bond donors (Lipinski definition) is 3. The Morgan fingerprint density at radius 1 is 0.889 bits per heavy atom. The molecule has 0 aromatic heterocycles. The van der Waals surface area contributed by atoms with E-state index in [2.05, 4.69) is 20.7 Å². The Morgan fingerprint density at radius 2 is 1.59 bits per heavy atom. The van der Waals surface area contributed by atoms with E-state index in [1.54, 1.807) is 6.92 Å². The number of hydrogen-bond acceptors (Lipinski definition) is 6. The van der Waals surface area contributed by atoms with Crippen LogP contribution in [0, 0.1) is 0 Å². The van der Waals surface area contributed by atoms with Crippen LogP contribution in [0.1, 0.15) is 25.3 Å². The third-order valence-electron chi connectivity index (χ3n) is 3.24. The lowest BCUT2D eigenvalue weighted by Crippen LogP contribution is -2.39. The first-order valence-corrected chi connectivity index (χ1v) is 8.64. The molecule has 0 bridgehead atoms. The summed E-state index contributed by atoms with van der Waals surface area (Å²) in [5.41, 5.74) is 0.883. The zero-order chi connectivity index (χ0) is 19.9. The van der Waals surface area contributed by atoms with Crippen molar-refractivity contribution in [2.24, 2.45) is 0 Å². The number of benzene rings is 1. The molecule has 0 spiro atoms. The van der Waals surface area contributed by atoms with Gasteiger partial charge >= 0.3 is 12.1 Å². The van der Waals surface area contributed by atoms with E-state index >= 15 is 0 Å². The summed E-state index contributed by atoms with van der Waals surface area (Å²) in [7, 11) is 0. The second kappa shape index (κ2) is 13.2. The van der Waals surface area contributed by atoms with E-state index in [4.69, 9.17) is 4.74 Å². The molecular formula is C18H25N3O6. The molecule has 0 saturated heterocycles. The van der Waals surface area contributed by atoms with Crippen LogP contribution in [0.5, 0.6) is 0 Å². The Balaban J connectivity index is 2.03. The van der Waals surface area contributed by atoms with Gasteiger partial charge in [-0.2, -0.15) is 0 Å². The Labute approximate surface area is 157 Å². The van der Waals surface area contributed by atoms with Crippen molar-refractivity contribution in [2.75, 3.05) is 26.2 Å². The molecule has 0 aliphatic carbocycles. The summed E-state index contributed by atoms with van der Waals surface area (Å²) in [6, 6.07) is 9.28. The first-order valence-electron chi connectivity index (χ1n) is 8.64. The van der Waals surface area contributed by atoms with Gasteiger partial charge in [-0.25, -0.2) is 4.79 Å². The number of esters is 1. The van der Waals surface area contributed by atoms with Gasteiger partial charge in [0, 0.05) is 13.0 Å². The predicted octanol–water partition coefficient (Wildman–Crippen LogP) is 0.489. The van der Waals surface area contributed by atoms with Gasteiger partial charge in [0.2, 0.25) is 11.8 Å². The lowest BCUT2D eigenvalue weighted by atomic mass is 10.2. The summed E-state index contributed by atoms with van der Waals surface area (Å²) < 4.78 is 9.70. The molecule has 0 radical (unpaired) electrons. The molecule has 0 saturated carbocycles. The molecule has 0 aliphatic rings. The van der Waals surface area contributed by atoms with Crippen molar-refractivity contribution in [2.45, 2.75) is 26.4 Å². The molecule has 0 heterocycles. The van der Waals surface area contributed by atoms with Crippen molar-refractivity contribution in [3.8, 4) is 0 Å². The number of carbonyl (C=O) groups is 4. The summed E-state index contributed by atoms with van der Waals surface area (Å²) in [6.07, 6.45) is -0.0153. The maximum absolute atomic E-state index is 11.6. The molecule has 1 rings (SSSR count). The maximum atomic E-state index is 11.6. The lowest BCUT2D eigenvalue weighted by molar-refractivity contribution is -0.143. The van der Waals surface area contributed by atoms with E-state index < -0.39 is 18.0 Å². The zero-order valence-corrected chi connectivity index (χ0v) is 15.3. The molecule has 148 valence electrons. The van der Waals surface area contributed by atoms with E-state index in [0.29, 0.717) is 6.42 Å². The molecular weight excluding hydrogens is 354 g/mol. The molecule has 0 unspecified atom stereocenters. The summed E-state index contributed by atoms with van der Waals surface area (Å²) in [5.74, 6) is -1.36. The minimum absolute atomic E-state index is 0.143. The average Bonchev–Trinajstić information content (AvgIpc) is 2.67. The molecule has 3 amide bonds. The van der Waals surface area contributed by atoms with E-state index in [-0.39, 0.29) is 45.2 Å². The Morgan fingerprint density at radius 3 is 2.30 bits per heavy atom. The van der Waals surface area contributed by atoms with E-state index in [1.807, 2.05) is 30.3 Å².